The molecule has 3 heteroatoms. The molecule has 1 aliphatic carbocycles. The van der Waals surface area contributed by atoms with Crippen molar-refractivity contribution in [1.82, 2.24) is 4.98 Å². The summed E-state index contributed by atoms with van der Waals surface area (Å²) in [4.78, 5) is 17.1. The van der Waals surface area contributed by atoms with Gasteiger partial charge in [-0.2, -0.15) is 0 Å². The van der Waals surface area contributed by atoms with Gasteiger partial charge in [0.1, 0.15) is 5.76 Å². The van der Waals surface area contributed by atoms with Gasteiger partial charge >= 0.3 is 0 Å². The fraction of sp³-hybridized carbons (Fsp3) is 0.0526. The highest BCUT2D eigenvalue weighted by molar-refractivity contribution is 6.38. The monoisotopic (exact) mass is 287 g/mol. The Balaban J connectivity index is 1.93. The molecule has 0 unspecified atom stereocenters. The molecular formula is C19H13NO2. The summed E-state index contributed by atoms with van der Waals surface area (Å²) in [7, 11) is 0. The molecule has 3 nitrogen and oxygen atoms in total. The number of benzene rings is 2. The highest BCUT2D eigenvalue weighted by atomic mass is 16.3. The minimum Gasteiger partial charge on any atom is -0.506 e. The Hall–Kier alpha value is -2.94. The lowest BCUT2D eigenvalue weighted by molar-refractivity contribution is 0.105. The molecule has 0 fully saturated rings. The van der Waals surface area contributed by atoms with Gasteiger partial charge in [0.2, 0.25) is 0 Å². The normalized spacial score (nSPS) is 13.8. The molecule has 0 spiro atoms. The van der Waals surface area contributed by atoms with Crippen LogP contribution in [0, 0.1) is 6.92 Å². The van der Waals surface area contributed by atoms with E-state index in [0.717, 1.165) is 16.5 Å². The van der Waals surface area contributed by atoms with Crippen molar-refractivity contribution < 1.29 is 9.90 Å². The standard InChI is InChI=1S/C19H13NO2/c1-11-6-8-13-14(10-11)19(22)17(18(13)21)16-9-7-12-4-2-3-5-15(12)20-16/h2-10,22H,1H3. The van der Waals surface area contributed by atoms with Crippen molar-refractivity contribution in [2.45, 2.75) is 6.92 Å². The van der Waals surface area contributed by atoms with Crippen molar-refractivity contribution in [3.05, 3.63) is 77.0 Å². The second kappa shape index (κ2) is 4.53. The first kappa shape index (κ1) is 12.8. The number of Topliss-reactive ketones (excluding diaryl/α,β-unsaturated/α-hetero) is 1. The summed E-state index contributed by atoms with van der Waals surface area (Å²) in [5, 5.41) is 11.5. The maximum atomic E-state index is 12.6. The highest BCUT2D eigenvalue weighted by Crippen LogP contribution is 2.36. The first-order valence-corrected chi connectivity index (χ1v) is 7.10. The van der Waals surface area contributed by atoms with Crippen LogP contribution < -0.4 is 0 Å². The first-order valence-electron chi connectivity index (χ1n) is 7.10. The molecule has 1 aliphatic rings. The van der Waals surface area contributed by atoms with Gasteiger partial charge in [0.25, 0.3) is 0 Å². The topological polar surface area (TPSA) is 50.2 Å². The number of carbonyl (C=O) groups is 1. The number of pyridine rings is 1. The number of aryl methyl sites for hydroxylation is 1. The van der Waals surface area contributed by atoms with Crippen LogP contribution in [0.15, 0.2) is 54.6 Å². The number of nitrogens with zero attached hydrogens (tertiary/aromatic N) is 1. The predicted molar refractivity (Wildman–Crippen MR) is 86.7 cm³/mol. The van der Waals surface area contributed by atoms with Gasteiger partial charge in [-0.3, -0.25) is 4.79 Å². The number of aromatic nitrogens is 1. The van der Waals surface area contributed by atoms with Crippen molar-refractivity contribution in [3.8, 4) is 0 Å². The molecule has 0 saturated heterocycles. The first-order chi connectivity index (χ1) is 10.6. The molecule has 1 aromatic heterocycles. The Morgan fingerprint density at radius 1 is 0.955 bits per heavy atom. The lowest BCUT2D eigenvalue weighted by Crippen LogP contribution is -2.00. The molecule has 0 bridgehead atoms. The summed E-state index contributed by atoms with van der Waals surface area (Å²) >= 11 is 0. The van der Waals surface area contributed by atoms with Crippen LogP contribution in [0.25, 0.3) is 22.2 Å². The van der Waals surface area contributed by atoms with E-state index in [1.807, 2.05) is 49.4 Å². The van der Waals surface area contributed by atoms with Gasteiger partial charge in [-0.1, -0.05) is 42.0 Å². The van der Waals surface area contributed by atoms with Crippen LogP contribution in [0.2, 0.25) is 0 Å². The van der Waals surface area contributed by atoms with Gasteiger partial charge in [0.05, 0.1) is 16.8 Å². The van der Waals surface area contributed by atoms with Gasteiger partial charge in [0, 0.05) is 16.5 Å². The number of aliphatic hydroxyl groups is 1. The van der Waals surface area contributed by atoms with E-state index in [1.54, 1.807) is 12.1 Å². The largest absolute Gasteiger partial charge is 0.506 e. The Morgan fingerprint density at radius 3 is 2.64 bits per heavy atom. The Kier molecular flexibility index (Phi) is 2.63. The molecule has 0 radical (unpaired) electrons. The van der Waals surface area contributed by atoms with Gasteiger partial charge in [0.15, 0.2) is 5.78 Å². The summed E-state index contributed by atoms with van der Waals surface area (Å²) in [6.45, 7) is 1.93. The van der Waals surface area contributed by atoms with Crippen molar-refractivity contribution in [2.24, 2.45) is 0 Å². The van der Waals surface area contributed by atoms with Gasteiger partial charge in [-0.15, -0.1) is 0 Å². The van der Waals surface area contributed by atoms with E-state index in [2.05, 4.69) is 4.98 Å². The number of hydrogen-bond acceptors (Lipinski definition) is 3. The SMILES string of the molecule is Cc1ccc2c(c1)C(O)=C(c1ccc3ccccc3n1)C2=O. The third-order valence-corrected chi connectivity index (χ3v) is 3.99. The lowest BCUT2D eigenvalue weighted by Gasteiger charge is -2.03. The molecule has 0 saturated carbocycles. The number of hydrogen-bond donors (Lipinski definition) is 1. The minimum atomic E-state index is -0.171. The molecule has 4 rings (SSSR count). The Morgan fingerprint density at radius 2 is 1.77 bits per heavy atom. The summed E-state index contributed by atoms with van der Waals surface area (Å²) in [6, 6.07) is 16.9. The number of aliphatic hydroxyl groups excluding tert-OH is 1. The predicted octanol–water partition coefficient (Wildman–Crippen LogP) is 4.17. The van der Waals surface area contributed by atoms with E-state index in [0.29, 0.717) is 16.8 Å². The zero-order valence-electron chi connectivity index (χ0n) is 12.0. The highest BCUT2D eigenvalue weighted by Gasteiger charge is 2.31. The average Bonchev–Trinajstić information content (AvgIpc) is 2.78. The molecule has 22 heavy (non-hydrogen) atoms. The van der Waals surface area contributed by atoms with E-state index < -0.39 is 0 Å². The van der Waals surface area contributed by atoms with E-state index in [-0.39, 0.29) is 17.1 Å². The van der Waals surface area contributed by atoms with Gasteiger partial charge in [-0.05, 0) is 25.1 Å². The molecular weight excluding hydrogens is 274 g/mol. The molecule has 2 aromatic carbocycles. The van der Waals surface area contributed by atoms with Gasteiger partial charge in [-0.25, -0.2) is 4.98 Å². The summed E-state index contributed by atoms with van der Waals surface area (Å²) < 4.78 is 0. The summed E-state index contributed by atoms with van der Waals surface area (Å²) in [5.74, 6) is -0.151. The third kappa shape index (κ3) is 1.76. The van der Waals surface area contributed by atoms with E-state index in [1.165, 1.54) is 0 Å². The van der Waals surface area contributed by atoms with Crippen LogP contribution in [0.3, 0.4) is 0 Å². The minimum absolute atomic E-state index is 0.0199. The number of rotatable bonds is 1. The van der Waals surface area contributed by atoms with Crippen LogP contribution in [-0.2, 0) is 0 Å². The van der Waals surface area contributed by atoms with Crippen LogP contribution in [-0.4, -0.2) is 15.9 Å². The molecule has 106 valence electrons. The van der Waals surface area contributed by atoms with Crippen molar-refractivity contribution in [2.75, 3.05) is 0 Å². The average molecular weight is 287 g/mol. The quantitative estimate of drug-likeness (QED) is 0.731. The maximum Gasteiger partial charge on any atom is 0.199 e. The van der Waals surface area contributed by atoms with E-state index in [4.69, 9.17) is 0 Å². The fourth-order valence-corrected chi connectivity index (χ4v) is 2.87. The van der Waals surface area contributed by atoms with Crippen molar-refractivity contribution in [3.63, 3.8) is 0 Å². The Labute approximate surface area is 127 Å². The molecule has 1 heterocycles. The second-order valence-electron chi connectivity index (χ2n) is 5.49. The number of allylic oxidation sites excluding steroid dienone is 1. The number of fused-ring (bicyclic) bond motifs is 2. The fourth-order valence-electron chi connectivity index (χ4n) is 2.87. The maximum absolute atomic E-state index is 12.6. The molecule has 3 aromatic rings. The summed E-state index contributed by atoms with van der Waals surface area (Å²) in [5.41, 5.74) is 3.73. The van der Waals surface area contributed by atoms with E-state index in [9.17, 15) is 9.90 Å². The lowest BCUT2D eigenvalue weighted by atomic mass is 10.0. The smallest absolute Gasteiger partial charge is 0.199 e. The number of para-hydroxylation sites is 1. The molecule has 0 amide bonds. The number of carbonyl (C=O) groups excluding carboxylic acids is 1. The third-order valence-electron chi connectivity index (χ3n) is 3.99. The van der Waals surface area contributed by atoms with E-state index >= 15 is 0 Å². The molecule has 0 aliphatic heterocycles. The summed E-state index contributed by atoms with van der Waals surface area (Å²) in [6.07, 6.45) is 0. The van der Waals surface area contributed by atoms with Crippen molar-refractivity contribution in [1.29, 1.82) is 0 Å². The van der Waals surface area contributed by atoms with Crippen LogP contribution in [0.4, 0.5) is 0 Å². The van der Waals surface area contributed by atoms with Crippen LogP contribution >= 0.6 is 0 Å². The van der Waals surface area contributed by atoms with Crippen LogP contribution in [0.1, 0.15) is 27.2 Å². The zero-order valence-corrected chi connectivity index (χ0v) is 12.0. The number of ketones is 1. The Bertz CT molecular complexity index is 970. The second-order valence-corrected chi connectivity index (χ2v) is 5.49. The zero-order chi connectivity index (χ0) is 15.3. The van der Waals surface area contributed by atoms with Crippen LogP contribution in [0.5, 0.6) is 0 Å². The van der Waals surface area contributed by atoms with Gasteiger partial charge < -0.3 is 5.11 Å². The molecule has 0 atom stereocenters. The molecule has 1 N–H and O–H groups in total. The van der Waals surface area contributed by atoms with Crippen molar-refractivity contribution >= 4 is 28.0 Å².